The number of halogens is 2. The Bertz CT molecular complexity index is 1860. The molecule has 0 amide bonds. The minimum Gasteiger partial charge on any atom is -0.382 e. The lowest BCUT2D eigenvalue weighted by atomic mass is 10.2. The first-order chi connectivity index (χ1) is 17.5. The molecule has 0 spiro atoms. The van der Waals surface area contributed by atoms with E-state index in [1.54, 1.807) is 0 Å². The highest BCUT2D eigenvalue weighted by Gasteiger charge is 2.25. The van der Waals surface area contributed by atoms with E-state index >= 15 is 0 Å². The van der Waals surface area contributed by atoms with Crippen LogP contribution >= 0.6 is 0 Å². The molecular weight excluding hydrogens is 506 g/mol. The van der Waals surface area contributed by atoms with Crippen LogP contribution < -0.4 is 16.7 Å². The molecule has 1 unspecified atom stereocenters. The minimum atomic E-state index is -3.60. The molecule has 1 atom stereocenters. The van der Waals surface area contributed by atoms with E-state index in [9.17, 15) is 22.0 Å². The number of rotatable bonds is 6. The van der Waals surface area contributed by atoms with Crippen molar-refractivity contribution in [2.75, 3.05) is 17.3 Å². The molecule has 0 aliphatic rings. The van der Waals surface area contributed by atoms with E-state index in [0.29, 0.717) is 17.5 Å². The molecule has 0 saturated carbocycles. The minimum absolute atomic E-state index is 0.0818. The van der Waals surface area contributed by atoms with Crippen molar-refractivity contribution < 1.29 is 17.2 Å². The molecule has 0 aliphatic heterocycles. The molecule has 4 N–H and O–H groups in total. The van der Waals surface area contributed by atoms with Crippen LogP contribution in [0, 0.1) is 11.6 Å². The normalized spacial score (nSPS) is 12.9. The van der Waals surface area contributed by atoms with E-state index in [2.05, 4.69) is 25.5 Å². The summed E-state index contributed by atoms with van der Waals surface area (Å²) in [6.45, 7) is 3.73. The zero-order valence-corrected chi connectivity index (χ0v) is 20.8. The maximum atomic E-state index is 14.7. The number of nitrogens with zero attached hydrogens (tertiary/aromatic N) is 5. The largest absolute Gasteiger partial charge is 0.382 e. The van der Waals surface area contributed by atoms with Gasteiger partial charge in [-0.25, -0.2) is 22.0 Å². The molecule has 5 aromatic rings. The van der Waals surface area contributed by atoms with Gasteiger partial charge in [0.2, 0.25) is 5.95 Å². The van der Waals surface area contributed by atoms with Gasteiger partial charge in [0, 0.05) is 17.7 Å². The summed E-state index contributed by atoms with van der Waals surface area (Å²) in [5, 5.41) is 9.55. The highest BCUT2D eigenvalue weighted by molar-refractivity contribution is 7.90. The van der Waals surface area contributed by atoms with Crippen LogP contribution in [0.15, 0.2) is 46.2 Å². The van der Waals surface area contributed by atoms with Gasteiger partial charge >= 0.3 is 5.69 Å². The SMILES string of the molecule is CCC(C)n1c(=O)n(-c2ccc(F)c3[nH]ncc23)c2c(N)nc(Nc3ccc(S(C)(=O)=O)cc3F)nc21. The smallest absolute Gasteiger partial charge is 0.335 e. The van der Waals surface area contributed by atoms with Gasteiger partial charge in [-0.3, -0.25) is 14.2 Å². The Morgan fingerprint density at radius 2 is 1.92 bits per heavy atom. The number of aromatic amines is 1. The number of fused-ring (bicyclic) bond motifs is 2. The molecule has 2 aromatic carbocycles. The summed E-state index contributed by atoms with van der Waals surface area (Å²) in [7, 11) is -3.60. The summed E-state index contributed by atoms with van der Waals surface area (Å²) >= 11 is 0. The Balaban J connectivity index is 1.72. The summed E-state index contributed by atoms with van der Waals surface area (Å²) in [6, 6.07) is 5.74. The molecule has 14 heteroatoms. The fraction of sp³-hybridized carbons (Fsp3) is 0.217. The summed E-state index contributed by atoms with van der Waals surface area (Å²) in [4.78, 5) is 22.2. The molecule has 0 fully saturated rings. The van der Waals surface area contributed by atoms with Crippen molar-refractivity contribution in [1.82, 2.24) is 29.3 Å². The average Bonchev–Trinajstić information content (AvgIpc) is 3.44. The first-order valence-corrected chi connectivity index (χ1v) is 13.1. The number of hydrogen-bond donors (Lipinski definition) is 3. The molecule has 0 bridgehead atoms. The van der Waals surface area contributed by atoms with Gasteiger partial charge in [0.15, 0.2) is 21.3 Å². The van der Waals surface area contributed by atoms with Crippen LogP contribution in [0.5, 0.6) is 0 Å². The molecule has 37 heavy (non-hydrogen) atoms. The second-order valence-corrected chi connectivity index (χ2v) is 10.6. The van der Waals surface area contributed by atoms with E-state index in [-0.39, 0.29) is 45.1 Å². The van der Waals surface area contributed by atoms with Crippen LogP contribution in [0.1, 0.15) is 26.3 Å². The Morgan fingerprint density at radius 1 is 1.16 bits per heavy atom. The van der Waals surface area contributed by atoms with Crippen molar-refractivity contribution in [2.45, 2.75) is 31.2 Å². The van der Waals surface area contributed by atoms with Gasteiger partial charge in [0.05, 0.1) is 22.5 Å². The molecule has 0 radical (unpaired) electrons. The van der Waals surface area contributed by atoms with Crippen LogP contribution in [-0.4, -0.2) is 44.0 Å². The lowest BCUT2D eigenvalue weighted by molar-refractivity contribution is 0.522. The van der Waals surface area contributed by atoms with E-state index in [4.69, 9.17) is 5.73 Å². The number of H-pyrrole nitrogens is 1. The molecule has 0 saturated heterocycles. The average molecular weight is 529 g/mol. The lowest BCUT2D eigenvalue weighted by Gasteiger charge is -2.12. The van der Waals surface area contributed by atoms with E-state index in [0.717, 1.165) is 12.3 Å². The van der Waals surface area contributed by atoms with Crippen LogP contribution in [0.4, 0.5) is 26.2 Å². The molecule has 0 aliphatic carbocycles. The third-order valence-electron chi connectivity index (χ3n) is 6.17. The second-order valence-electron chi connectivity index (χ2n) is 8.61. The molecule has 11 nitrogen and oxygen atoms in total. The first kappa shape index (κ1) is 24.4. The molecule has 3 heterocycles. The van der Waals surface area contributed by atoms with Gasteiger partial charge in [-0.1, -0.05) is 6.92 Å². The monoisotopic (exact) mass is 528 g/mol. The third kappa shape index (κ3) is 3.98. The van der Waals surface area contributed by atoms with Crippen LogP contribution in [0.25, 0.3) is 27.8 Å². The summed E-state index contributed by atoms with van der Waals surface area (Å²) < 4.78 is 55.2. The van der Waals surface area contributed by atoms with Gasteiger partial charge in [-0.2, -0.15) is 15.1 Å². The fourth-order valence-corrected chi connectivity index (χ4v) is 4.76. The van der Waals surface area contributed by atoms with Gasteiger partial charge < -0.3 is 11.1 Å². The summed E-state index contributed by atoms with van der Waals surface area (Å²) in [5.41, 5.74) is 6.59. The van der Waals surface area contributed by atoms with Crippen molar-refractivity contribution in [1.29, 1.82) is 0 Å². The zero-order valence-electron chi connectivity index (χ0n) is 20.0. The lowest BCUT2D eigenvalue weighted by Crippen LogP contribution is -2.25. The number of hydrogen-bond acceptors (Lipinski definition) is 8. The van der Waals surface area contributed by atoms with E-state index < -0.39 is 27.2 Å². The number of nitrogens with one attached hydrogen (secondary N) is 2. The van der Waals surface area contributed by atoms with Gasteiger partial charge in [-0.05, 0) is 43.7 Å². The van der Waals surface area contributed by atoms with Gasteiger partial charge in [0.1, 0.15) is 22.7 Å². The third-order valence-corrected chi connectivity index (χ3v) is 7.28. The number of aromatic nitrogens is 6. The number of imidazole rings is 1. The maximum Gasteiger partial charge on any atom is 0.335 e. The Labute approximate surface area is 208 Å². The van der Waals surface area contributed by atoms with Crippen LogP contribution in [0.2, 0.25) is 0 Å². The Morgan fingerprint density at radius 3 is 2.59 bits per heavy atom. The van der Waals surface area contributed by atoms with Crippen LogP contribution in [-0.2, 0) is 9.84 Å². The standard InChI is InChI=1S/C23H22F2N8O3S/c1-4-11(2)32-21-19(33(23(32)34)17-8-6-14(24)18-13(17)10-27-31-18)20(26)29-22(30-21)28-16-7-5-12(9-15(16)25)37(3,35)36/h5-11H,4H2,1-3H3,(H,27,31)(H3,26,28,29,30). The first-order valence-electron chi connectivity index (χ1n) is 11.2. The zero-order chi connectivity index (χ0) is 26.6. The maximum absolute atomic E-state index is 14.7. The highest BCUT2D eigenvalue weighted by Crippen LogP contribution is 2.30. The quantitative estimate of drug-likeness (QED) is 0.303. The van der Waals surface area contributed by atoms with Crippen molar-refractivity contribution in [3.05, 3.63) is 58.6 Å². The predicted octanol–water partition coefficient (Wildman–Crippen LogP) is 3.44. The number of benzene rings is 2. The van der Waals surface area contributed by atoms with Gasteiger partial charge in [0.25, 0.3) is 0 Å². The molecule has 192 valence electrons. The predicted molar refractivity (Wildman–Crippen MR) is 135 cm³/mol. The summed E-state index contributed by atoms with van der Waals surface area (Å²) in [5.74, 6) is -1.55. The van der Waals surface area contributed by atoms with Crippen LogP contribution in [0.3, 0.4) is 0 Å². The van der Waals surface area contributed by atoms with Crippen molar-refractivity contribution in [2.24, 2.45) is 0 Å². The topological polar surface area (TPSA) is 154 Å². The summed E-state index contributed by atoms with van der Waals surface area (Å²) in [6.07, 6.45) is 2.96. The van der Waals surface area contributed by atoms with Crippen molar-refractivity contribution >= 4 is 49.4 Å². The number of sulfone groups is 1. The van der Waals surface area contributed by atoms with Gasteiger partial charge in [-0.15, -0.1) is 0 Å². The van der Waals surface area contributed by atoms with Crippen molar-refractivity contribution in [3.8, 4) is 5.69 Å². The Hall–Kier alpha value is -4.33. The number of nitrogens with two attached hydrogens (primary N) is 1. The molecule has 3 aromatic heterocycles. The van der Waals surface area contributed by atoms with E-state index in [1.165, 1.54) is 39.6 Å². The Kier molecular flexibility index (Phi) is 5.70. The fourth-order valence-electron chi connectivity index (χ4n) is 4.13. The number of nitrogen functional groups attached to an aromatic ring is 1. The molecular formula is C23H22F2N8O3S. The van der Waals surface area contributed by atoms with Crippen molar-refractivity contribution in [3.63, 3.8) is 0 Å². The van der Waals surface area contributed by atoms with E-state index in [1.807, 2.05) is 13.8 Å². The number of anilines is 3. The highest BCUT2D eigenvalue weighted by atomic mass is 32.2. The second kappa shape index (κ2) is 8.65. The molecule has 5 rings (SSSR count).